The molecule has 0 spiro atoms. The molecular weight excluding hydrogens is 170 g/mol. The summed E-state index contributed by atoms with van der Waals surface area (Å²) in [4.78, 5) is 2.60. The predicted molar refractivity (Wildman–Crippen MR) is 58.6 cm³/mol. The Kier molecular flexibility index (Phi) is 1.88. The first-order valence-corrected chi connectivity index (χ1v) is 5.65. The van der Waals surface area contributed by atoms with Crippen molar-refractivity contribution in [2.24, 2.45) is 0 Å². The number of benzene rings is 1. The normalized spacial score (nSPS) is 25.9. The fourth-order valence-corrected chi connectivity index (χ4v) is 2.60. The average Bonchev–Trinajstić information content (AvgIpc) is 3.00. The van der Waals surface area contributed by atoms with Crippen molar-refractivity contribution >= 4 is 0 Å². The van der Waals surface area contributed by atoms with Gasteiger partial charge in [-0.3, -0.25) is 4.90 Å². The summed E-state index contributed by atoms with van der Waals surface area (Å²) in [5, 5.41) is 0. The molecule has 1 atom stereocenters. The summed E-state index contributed by atoms with van der Waals surface area (Å²) in [5.74, 6) is 0. The van der Waals surface area contributed by atoms with Gasteiger partial charge in [0.05, 0.1) is 0 Å². The molecule has 1 aromatic rings. The van der Waals surface area contributed by atoms with Gasteiger partial charge in [0.25, 0.3) is 0 Å². The Bertz CT molecular complexity index is 352. The van der Waals surface area contributed by atoms with Crippen molar-refractivity contribution in [3.8, 4) is 0 Å². The minimum Gasteiger partial charge on any atom is -0.298 e. The highest BCUT2D eigenvalue weighted by atomic mass is 15.3. The van der Waals surface area contributed by atoms with Crippen molar-refractivity contribution in [3.05, 3.63) is 34.9 Å². The van der Waals surface area contributed by atoms with Crippen LogP contribution in [0.4, 0.5) is 0 Å². The molecule has 0 saturated carbocycles. The first-order valence-electron chi connectivity index (χ1n) is 5.65. The van der Waals surface area contributed by atoms with Crippen molar-refractivity contribution in [2.75, 3.05) is 13.1 Å². The van der Waals surface area contributed by atoms with Crippen molar-refractivity contribution in [2.45, 2.75) is 32.2 Å². The lowest BCUT2D eigenvalue weighted by molar-refractivity contribution is 0.359. The first-order chi connectivity index (χ1) is 6.83. The molecule has 74 valence electrons. The molecule has 1 saturated heterocycles. The molecule has 1 heterocycles. The third-order valence-electron chi connectivity index (χ3n) is 3.56. The van der Waals surface area contributed by atoms with Crippen LogP contribution in [0.25, 0.3) is 0 Å². The highest BCUT2D eigenvalue weighted by molar-refractivity contribution is 5.34. The van der Waals surface area contributed by atoms with Gasteiger partial charge < -0.3 is 0 Å². The number of hydrogen-bond donors (Lipinski definition) is 0. The van der Waals surface area contributed by atoms with E-state index in [1.807, 2.05) is 0 Å². The molecule has 0 radical (unpaired) electrons. The van der Waals surface area contributed by atoms with Gasteiger partial charge in [-0.2, -0.15) is 0 Å². The molecule has 1 nitrogen and oxygen atoms in total. The van der Waals surface area contributed by atoms with Crippen LogP contribution in [0, 0.1) is 6.92 Å². The molecule has 0 aromatic heterocycles. The van der Waals surface area contributed by atoms with E-state index in [0.29, 0.717) is 0 Å². The predicted octanol–water partition coefficient (Wildman–Crippen LogP) is 2.17. The Morgan fingerprint density at radius 2 is 2.07 bits per heavy atom. The standard InChI is InChI=1S/C13H17N/c1-10-2-3-12-9-13(14-6-7-14)5-4-11(12)8-10/h2-3,8,13H,4-7,9H2,1H3. The second kappa shape index (κ2) is 3.09. The van der Waals surface area contributed by atoms with Crippen molar-refractivity contribution in [1.29, 1.82) is 0 Å². The number of aryl methyl sites for hydroxylation is 2. The summed E-state index contributed by atoms with van der Waals surface area (Å²) in [6.07, 6.45) is 3.95. The lowest BCUT2D eigenvalue weighted by atomic mass is 9.87. The van der Waals surface area contributed by atoms with Crippen LogP contribution in [0.3, 0.4) is 0 Å². The van der Waals surface area contributed by atoms with Gasteiger partial charge in [0, 0.05) is 19.1 Å². The van der Waals surface area contributed by atoms with E-state index in [1.165, 1.54) is 37.9 Å². The van der Waals surface area contributed by atoms with Gasteiger partial charge in [-0.25, -0.2) is 0 Å². The molecule has 1 aromatic carbocycles. The van der Waals surface area contributed by atoms with Gasteiger partial charge in [-0.05, 0) is 37.3 Å². The van der Waals surface area contributed by atoms with E-state index in [1.54, 1.807) is 11.1 Å². The van der Waals surface area contributed by atoms with E-state index in [0.717, 1.165) is 6.04 Å². The van der Waals surface area contributed by atoms with Crippen LogP contribution < -0.4 is 0 Å². The summed E-state index contributed by atoms with van der Waals surface area (Å²) in [6, 6.07) is 7.81. The third-order valence-corrected chi connectivity index (χ3v) is 3.56. The van der Waals surface area contributed by atoms with Crippen molar-refractivity contribution in [1.82, 2.24) is 4.90 Å². The second-order valence-corrected chi connectivity index (χ2v) is 4.70. The highest BCUT2D eigenvalue weighted by Gasteiger charge is 2.30. The van der Waals surface area contributed by atoms with E-state index < -0.39 is 0 Å². The van der Waals surface area contributed by atoms with Crippen LogP contribution in [0.15, 0.2) is 18.2 Å². The summed E-state index contributed by atoms with van der Waals surface area (Å²) < 4.78 is 0. The van der Waals surface area contributed by atoms with E-state index in [-0.39, 0.29) is 0 Å². The zero-order valence-corrected chi connectivity index (χ0v) is 8.79. The quantitative estimate of drug-likeness (QED) is 0.609. The van der Waals surface area contributed by atoms with E-state index in [9.17, 15) is 0 Å². The summed E-state index contributed by atoms with van der Waals surface area (Å²) in [6.45, 7) is 4.87. The smallest absolute Gasteiger partial charge is 0.0140 e. The Hall–Kier alpha value is -0.820. The number of rotatable bonds is 1. The van der Waals surface area contributed by atoms with Crippen LogP contribution in [-0.4, -0.2) is 24.0 Å². The lowest BCUT2D eigenvalue weighted by Crippen LogP contribution is -2.26. The maximum atomic E-state index is 2.60. The Balaban J connectivity index is 1.86. The van der Waals surface area contributed by atoms with E-state index in [2.05, 4.69) is 30.0 Å². The molecule has 1 heteroatoms. The number of nitrogens with zero attached hydrogens (tertiary/aromatic N) is 1. The van der Waals surface area contributed by atoms with Gasteiger partial charge >= 0.3 is 0 Å². The van der Waals surface area contributed by atoms with Crippen molar-refractivity contribution < 1.29 is 0 Å². The van der Waals surface area contributed by atoms with Gasteiger partial charge in [0.15, 0.2) is 0 Å². The van der Waals surface area contributed by atoms with Crippen LogP contribution in [-0.2, 0) is 12.8 Å². The van der Waals surface area contributed by atoms with Crippen LogP contribution in [0.2, 0.25) is 0 Å². The van der Waals surface area contributed by atoms with E-state index >= 15 is 0 Å². The van der Waals surface area contributed by atoms with Gasteiger partial charge in [-0.1, -0.05) is 23.8 Å². The Labute approximate surface area is 85.7 Å². The molecule has 1 fully saturated rings. The molecule has 3 rings (SSSR count). The topological polar surface area (TPSA) is 3.01 Å². The van der Waals surface area contributed by atoms with Crippen LogP contribution in [0.1, 0.15) is 23.1 Å². The molecule has 1 aliphatic carbocycles. The Morgan fingerprint density at radius 3 is 2.86 bits per heavy atom. The molecule has 1 unspecified atom stereocenters. The molecule has 0 N–H and O–H groups in total. The van der Waals surface area contributed by atoms with Crippen molar-refractivity contribution in [3.63, 3.8) is 0 Å². The lowest BCUT2D eigenvalue weighted by Gasteiger charge is -2.25. The molecule has 14 heavy (non-hydrogen) atoms. The maximum Gasteiger partial charge on any atom is 0.0140 e. The molecule has 1 aliphatic heterocycles. The maximum absolute atomic E-state index is 2.60. The van der Waals surface area contributed by atoms with E-state index in [4.69, 9.17) is 0 Å². The van der Waals surface area contributed by atoms with Gasteiger partial charge in [0.2, 0.25) is 0 Å². The summed E-state index contributed by atoms with van der Waals surface area (Å²) in [7, 11) is 0. The fourth-order valence-electron chi connectivity index (χ4n) is 2.60. The SMILES string of the molecule is Cc1ccc2c(c1)CCC(N1CC1)C2. The fraction of sp³-hybridized carbons (Fsp3) is 0.538. The minimum absolute atomic E-state index is 0.852. The molecule has 0 bridgehead atoms. The summed E-state index contributed by atoms with van der Waals surface area (Å²) >= 11 is 0. The third kappa shape index (κ3) is 1.46. The largest absolute Gasteiger partial charge is 0.298 e. The molecular formula is C13H17N. The molecule has 2 aliphatic rings. The average molecular weight is 187 g/mol. The molecule has 0 amide bonds. The monoisotopic (exact) mass is 187 g/mol. The first kappa shape index (κ1) is 8.49. The number of hydrogen-bond acceptors (Lipinski definition) is 1. The van der Waals surface area contributed by atoms with Gasteiger partial charge in [-0.15, -0.1) is 0 Å². The zero-order chi connectivity index (χ0) is 9.54. The second-order valence-electron chi connectivity index (χ2n) is 4.70. The minimum atomic E-state index is 0.852. The number of fused-ring (bicyclic) bond motifs is 1. The zero-order valence-electron chi connectivity index (χ0n) is 8.79. The Morgan fingerprint density at radius 1 is 1.21 bits per heavy atom. The van der Waals surface area contributed by atoms with Crippen LogP contribution in [0.5, 0.6) is 0 Å². The van der Waals surface area contributed by atoms with Crippen LogP contribution >= 0.6 is 0 Å². The summed E-state index contributed by atoms with van der Waals surface area (Å²) in [5.41, 5.74) is 4.61. The highest BCUT2D eigenvalue weighted by Crippen LogP contribution is 2.27. The van der Waals surface area contributed by atoms with Gasteiger partial charge in [0.1, 0.15) is 0 Å².